The molecule has 3 unspecified atom stereocenters. The van der Waals surface area contributed by atoms with Crippen LogP contribution in [0.1, 0.15) is 45.6 Å². The molecule has 0 radical (unpaired) electrons. The van der Waals surface area contributed by atoms with Gasteiger partial charge in [0.2, 0.25) is 0 Å². The lowest BCUT2D eigenvalue weighted by Gasteiger charge is -2.39. The van der Waals surface area contributed by atoms with Gasteiger partial charge in [0.05, 0.1) is 12.7 Å². The maximum Gasteiger partial charge on any atom is 0.131 e. The summed E-state index contributed by atoms with van der Waals surface area (Å²) in [6.45, 7) is 7.94. The topological polar surface area (TPSA) is 34.2 Å². The maximum absolute atomic E-state index is 6.32. The number of pyridine rings is 1. The fourth-order valence-corrected chi connectivity index (χ4v) is 4.35. The molecule has 2 bridgehead atoms. The second kappa shape index (κ2) is 4.73. The van der Waals surface area contributed by atoms with E-state index in [1.807, 2.05) is 19.3 Å². The Hall–Kier alpha value is -1.09. The number of fused-ring (bicyclic) bond motifs is 2. The standard InChI is InChI=1S/C17H26N2O/c1-16(2)13-7-8-17(16,3)14(10-13)20-11-12-6-5-9-19-15(12)18-4/h5-6,9,13-14H,7-8,10-11H2,1-4H3,(H,18,19). The molecular formula is C17H26N2O. The summed E-state index contributed by atoms with van der Waals surface area (Å²) in [6.07, 6.45) is 6.11. The van der Waals surface area contributed by atoms with E-state index in [1.165, 1.54) is 19.3 Å². The molecule has 0 aliphatic heterocycles. The first kappa shape index (κ1) is 13.9. The van der Waals surface area contributed by atoms with Gasteiger partial charge in [0, 0.05) is 18.8 Å². The molecule has 3 heteroatoms. The van der Waals surface area contributed by atoms with Crippen LogP contribution in [0.2, 0.25) is 0 Å². The minimum Gasteiger partial charge on any atom is -0.373 e. The minimum atomic E-state index is 0.333. The third-order valence-electron chi connectivity index (χ3n) is 6.28. The monoisotopic (exact) mass is 274 g/mol. The van der Waals surface area contributed by atoms with Gasteiger partial charge in [-0.25, -0.2) is 4.98 Å². The largest absolute Gasteiger partial charge is 0.373 e. The van der Waals surface area contributed by atoms with E-state index < -0.39 is 0 Å². The van der Waals surface area contributed by atoms with Crippen molar-refractivity contribution in [1.82, 2.24) is 4.98 Å². The Morgan fingerprint density at radius 2 is 2.20 bits per heavy atom. The molecule has 3 atom stereocenters. The van der Waals surface area contributed by atoms with Crippen LogP contribution in [0.5, 0.6) is 0 Å². The van der Waals surface area contributed by atoms with Crippen molar-refractivity contribution in [2.24, 2.45) is 16.7 Å². The van der Waals surface area contributed by atoms with Gasteiger partial charge in [-0.2, -0.15) is 0 Å². The summed E-state index contributed by atoms with van der Waals surface area (Å²) >= 11 is 0. The van der Waals surface area contributed by atoms with Crippen LogP contribution in [0.15, 0.2) is 18.3 Å². The lowest BCUT2D eigenvalue weighted by atomic mass is 9.70. The van der Waals surface area contributed by atoms with Gasteiger partial charge in [0.25, 0.3) is 0 Å². The molecule has 2 aliphatic carbocycles. The molecule has 2 aliphatic rings. The minimum absolute atomic E-state index is 0.333. The van der Waals surface area contributed by atoms with Crippen molar-refractivity contribution in [3.63, 3.8) is 0 Å². The number of anilines is 1. The Morgan fingerprint density at radius 1 is 1.40 bits per heavy atom. The highest BCUT2D eigenvalue weighted by Crippen LogP contribution is 2.66. The highest BCUT2D eigenvalue weighted by Gasteiger charge is 2.61. The molecule has 110 valence electrons. The van der Waals surface area contributed by atoms with Gasteiger partial charge in [-0.3, -0.25) is 0 Å². The van der Waals surface area contributed by atoms with Gasteiger partial charge in [-0.1, -0.05) is 26.8 Å². The highest BCUT2D eigenvalue weighted by atomic mass is 16.5. The Kier molecular flexibility index (Phi) is 3.28. The summed E-state index contributed by atoms with van der Waals surface area (Å²) in [5.41, 5.74) is 1.90. The molecule has 20 heavy (non-hydrogen) atoms. The molecule has 0 amide bonds. The molecule has 2 fully saturated rings. The summed E-state index contributed by atoms with van der Waals surface area (Å²) in [7, 11) is 1.91. The Labute approximate surface area is 122 Å². The number of ether oxygens (including phenoxy) is 1. The molecule has 1 aromatic rings. The molecule has 2 saturated carbocycles. The van der Waals surface area contributed by atoms with E-state index in [-0.39, 0.29) is 0 Å². The molecular weight excluding hydrogens is 248 g/mol. The Morgan fingerprint density at radius 3 is 2.80 bits per heavy atom. The lowest BCUT2D eigenvalue weighted by Crippen LogP contribution is -2.37. The first-order chi connectivity index (χ1) is 9.49. The quantitative estimate of drug-likeness (QED) is 0.905. The second-order valence-electron chi connectivity index (χ2n) is 7.17. The van der Waals surface area contributed by atoms with Gasteiger partial charge in [-0.05, 0) is 42.1 Å². The van der Waals surface area contributed by atoms with Crippen LogP contribution in [0.25, 0.3) is 0 Å². The van der Waals surface area contributed by atoms with E-state index in [0.29, 0.717) is 23.5 Å². The Balaban J connectivity index is 1.71. The van der Waals surface area contributed by atoms with Gasteiger partial charge < -0.3 is 10.1 Å². The van der Waals surface area contributed by atoms with Crippen molar-refractivity contribution in [2.45, 2.75) is 52.7 Å². The van der Waals surface area contributed by atoms with E-state index in [0.717, 1.165) is 17.3 Å². The van der Waals surface area contributed by atoms with Crippen LogP contribution in [0.4, 0.5) is 5.82 Å². The molecule has 3 rings (SSSR count). The van der Waals surface area contributed by atoms with Crippen molar-refractivity contribution in [2.75, 3.05) is 12.4 Å². The molecule has 1 aromatic heterocycles. The zero-order valence-corrected chi connectivity index (χ0v) is 13.1. The summed E-state index contributed by atoms with van der Waals surface area (Å²) in [5.74, 6) is 1.76. The number of nitrogens with one attached hydrogen (secondary N) is 1. The van der Waals surface area contributed by atoms with Crippen molar-refractivity contribution in [3.8, 4) is 0 Å². The van der Waals surface area contributed by atoms with Gasteiger partial charge >= 0.3 is 0 Å². The number of hydrogen-bond acceptors (Lipinski definition) is 3. The summed E-state index contributed by atoms with van der Waals surface area (Å²) in [4.78, 5) is 4.35. The van der Waals surface area contributed by atoms with E-state index in [1.54, 1.807) is 0 Å². The van der Waals surface area contributed by atoms with E-state index in [9.17, 15) is 0 Å². The van der Waals surface area contributed by atoms with E-state index in [2.05, 4.69) is 37.1 Å². The van der Waals surface area contributed by atoms with Crippen molar-refractivity contribution in [1.29, 1.82) is 0 Å². The Bertz CT molecular complexity index is 500. The molecule has 0 spiro atoms. The van der Waals surface area contributed by atoms with Crippen LogP contribution in [0.3, 0.4) is 0 Å². The molecule has 1 heterocycles. The summed E-state index contributed by atoms with van der Waals surface area (Å²) in [6, 6.07) is 4.07. The third-order valence-corrected chi connectivity index (χ3v) is 6.28. The third kappa shape index (κ3) is 1.86. The van der Waals surface area contributed by atoms with Gasteiger partial charge in [0.15, 0.2) is 0 Å². The first-order valence-electron chi connectivity index (χ1n) is 7.72. The van der Waals surface area contributed by atoms with Crippen LogP contribution >= 0.6 is 0 Å². The van der Waals surface area contributed by atoms with Crippen LogP contribution < -0.4 is 5.32 Å². The van der Waals surface area contributed by atoms with Crippen molar-refractivity contribution in [3.05, 3.63) is 23.9 Å². The fraction of sp³-hybridized carbons (Fsp3) is 0.706. The smallest absolute Gasteiger partial charge is 0.131 e. The van der Waals surface area contributed by atoms with Gasteiger partial charge in [0.1, 0.15) is 5.82 Å². The fourth-order valence-electron chi connectivity index (χ4n) is 4.35. The van der Waals surface area contributed by atoms with Crippen LogP contribution in [-0.2, 0) is 11.3 Å². The van der Waals surface area contributed by atoms with Gasteiger partial charge in [-0.15, -0.1) is 0 Å². The van der Waals surface area contributed by atoms with Crippen molar-refractivity contribution >= 4 is 5.82 Å². The zero-order valence-electron chi connectivity index (χ0n) is 13.1. The highest BCUT2D eigenvalue weighted by molar-refractivity contribution is 5.42. The molecule has 0 aromatic carbocycles. The van der Waals surface area contributed by atoms with Crippen molar-refractivity contribution < 1.29 is 4.74 Å². The molecule has 1 N–H and O–H groups in total. The van der Waals surface area contributed by atoms with E-state index in [4.69, 9.17) is 4.74 Å². The van der Waals surface area contributed by atoms with Crippen LogP contribution in [-0.4, -0.2) is 18.1 Å². The summed E-state index contributed by atoms with van der Waals surface area (Å²) in [5, 5.41) is 3.14. The number of rotatable bonds is 4. The number of hydrogen-bond donors (Lipinski definition) is 1. The molecule has 3 nitrogen and oxygen atoms in total. The zero-order chi connectivity index (χ0) is 14.4. The number of aromatic nitrogens is 1. The SMILES string of the molecule is CNc1ncccc1COC1CC2CCC1(C)C2(C)C. The average Bonchev–Trinajstić information content (AvgIpc) is 2.78. The first-order valence-corrected chi connectivity index (χ1v) is 7.72. The normalized spacial score (nSPS) is 34.4. The predicted molar refractivity (Wildman–Crippen MR) is 81.6 cm³/mol. The average molecular weight is 274 g/mol. The van der Waals surface area contributed by atoms with E-state index >= 15 is 0 Å². The molecule has 0 saturated heterocycles. The maximum atomic E-state index is 6.32. The summed E-state index contributed by atoms with van der Waals surface area (Å²) < 4.78 is 6.32. The van der Waals surface area contributed by atoms with Crippen LogP contribution in [0, 0.1) is 16.7 Å². The second-order valence-corrected chi connectivity index (χ2v) is 7.17. The predicted octanol–water partition coefficient (Wildman–Crippen LogP) is 3.85. The number of nitrogens with zero attached hydrogens (tertiary/aromatic N) is 1. The lowest BCUT2D eigenvalue weighted by molar-refractivity contribution is -0.0549.